The third kappa shape index (κ3) is 4.17. The summed E-state index contributed by atoms with van der Waals surface area (Å²) in [7, 11) is 3.15. The van der Waals surface area contributed by atoms with Crippen LogP contribution in [0, 0.1) is 0 Å². The molecule has 184 valence electrons. The predicted octanol–water partition coefficient (Wildman–Crippen LogP) is 4.71. The molecule has 10 heteroatoms. The number of methoxy groups -OCH3 is 2. The fourth-order valence-electron chi connectivity index (χ4n) is 3.88. The number of hydrogen-bond acceptors (Lipinski definition) is 6. The molecule has 0 spiro atoms. The molecule has 0 aliphatic rings. The summed E-state index contributed by atoms with van der Waals surface area (Å²) in [6, 6.07) is 15.0. The Morgan fingerprint density at radius 2 is 1.75 bits per heavy atom. The smallest absolute Gasteiger partial charge is 0.274 e. The summed E-state index contributed by atoms with van der Waals surface area (Å²) < 4.78 is 12.4. The van der Waals surface area contributed by atoms with Gasteiger partial charge in [-0.05, 0) is 18.2 Å². The van der Waals surface area contributed by atoms with Gasteiger partial charge in [0.1, 0.15) is 11.4 Å². The largest absolute Gasteiger partial charge is 0.493 e. The maximum Gasteiger partial charge on any atom is 0.274 e. The summed E-state index contributed by atoms with van der Waals surface area (Å²) in [4.78, 5) is 21.4. The van der Waals surface area contributed by atoms with Crippen LogP contribution in [0.5, 0.6) is 11.5 Å². The van der Waals surface area contributed by atoms with E-state index in [1.807, 2.05) is 42.5 Å². The van der Waals surface area contributed by atoms with Crippen LogP contribution in [0.4, 0.5) is 5.69 Å². The van der Waals surface area contributed by atoms with Crippen molar-refractivity contribution in [2.75, 3.05) is 19.5 Å². The highest BCUT2D eigenvalue weighted by Crippen LogP contribution is 2.33. The topological polar surface area (TPSA) is 123 Å². The van der Waals surface area contributed by atoms with E-state index < -0.39 is 0 Å². The molecule has 10 nitrogen and oxygen atoms in total. The van der Waals surface area contributed by atoms with Crippen LogP contribution in [0.3, 0.4) is 0 Å². The molecule has 3 aromatic heterocycles. The number of nitrogens with zero attached hydrogens (tertiary/aromatic N) is 4. The summed E-state index contributed by atoms with van der Waals surface area (Å²) in [5.74, 6) is 1.36. The standard InChI is InChI=1S/C26H27N7O3/c1-26(2,3)22-13-19(33(32-22)15-9-7-6-8-10-15)25(34)30-18-14-27-31-23(18)24-28-16-11-20(35-4)21(36-5)12-17(16)29-24/h6-14H,1-5H3,(H,27,31)(H,28,29)(H,30,34). The predicted molar refractivity (Wildman–Crippen MR) is 137 cm³/mol. The van der Waals surface area contributed by atoms with E-state index in [4.69, 9.17) is 14.6 Å². The minimum atomic E-state index is -0.316. The molecule has 0 bridgehead atoms. The first-order valence-corrected chi connectivity index (χ1v) is 11.4. The Morgan fingerprint density at radius 1 is 1.03 bits per heavy atom. The van der Waals surface area contributed by atoms with E-state index in [1.165, 1.54) is 0 Å². The van der Waals surface area contributed by atoms with Gasteiger partial charge in [0.2, 0.25) is 0 Å². The molecule has 0 aliphatic carbocycles. The van der Waals surface area contributed by atoms with Gasteiger partial charge in [0.15, 0.2) is 17.3 Å². The number of amides is 1. The van der Waals surface area contributed by atoms with Crippen molar-refractivity contribution < 1.29 is 14.3 Å². The van der Waals surface area contributed by atoms with E-state index in [0.29, 0.717) is 39.9 Å². The molecule has 36 heavy (non-hydrogen) atoms. The number of ether oxygens (including phenoxy) is 2. The lowest BCUT2D eigenvalue weighted by atomic mass is 9.92. The van der Waals surface area contributed by atoms with E-state index in [9.17, 15) is 4.79 Å². The number of benzene rings is 2. The Kier molecular flexibility index (Phi) is 5.71. The second-order valence-corrected chi connectivity index (χ2v) is 9.33. The van der Waals surface area contributed by atoms with Crippen LogP contribution in [-0.4, -0.2) is 50.1 Å². The lowest BCUT2D eigenvalue weighted by Crippen LogP contribution is -2.17. The first-order chi connectivity index (χ1) is 17.3. The number of aromatic amines is 2. The average Bonchev–Trinajstić information content (AvgIpc) is 3.60. The number of rotatable bonds is 6. The third-order valence-corrected chi connectivity index (χ3v) is 5.82. The van der Waals surface area contributed by atoms with Crippen molar-refractivity contribution in [1.82, 2.24) is 29.9 Å². The number of para-hydroxylation sites is 1. The molecule has 5 rings (SSSR count). The van der Waals surface area contributed by atoms with Crippen LogP contribution in [0.2, 0.25) is 0 Å². The van der Waals surface area contributed by atoms with Gasteiger partial charge in [0, 0.05) is 17.5 Å². The number of anilines is 1. The van der Waals surface area contributed by atoms with E-state index in [1.54, 1.807) is 31.2 Å². The molecule has 5 aromatic rings. The monoisotopic (exact) mass is 485 g/mol. The first-order valence-electron chi connectivity index (χ1n) is 11.4. The van der Waals surface area contributed by atoms with Crippen LogP contribution in [-0.2, 0) is 5.41 Å². The van der Waals surface area contributed by atoms with Crippen LogP contribution in [0.1, 0.15) is 37.0 Å². The van der Waals surface area contributed by atoms with Crippen molar-refractivity contribution >= 4 is 22.6 Å². The summed E-state index contributed by atoms with van der Waals surface area (Å²) in [5.41, 5.74) is 4.26. The molecule has 0 saturated carbocycles. The third-order valence-electron chi connectivity index (χ3n) is 5.82. The molecule has 0 saturated heterocycles. The van der Waals surface area contributed by atoms with Crippen molar-refractivity contribution in [1.29, 1.82) is 0 Å². The molecular weight excluding hydrogens is 458 g/mol. The maximum absolute atomic E-state index is 13.5. The van der Waals surface area contributed by atoms with E-state index >= 15 is 0 Å². The van der Waals surface area contributed by atoms with Gasteiger partial charge in [-0.2, -0.15) is 10.2 Å². The fourth-order valence-corrected chi connectivity index (χ4v) is 3.88. The van der Waals surface area contributed by atoms with Gasteiger partial charge in [0.05, 0.1) is 48.5 Å². The SMILES string of the molecule is COc1cc2nc(-c3[nH]ncc3NC(=O)c3cc(C(C)(C)C)nn3-c3ccccc3)[nH]c2cc1OC. The van der Waals surface area contributed by atoms with Crippen molar-refractivity contribution in [3.63, 3.8) is 0 Å². The number of hydrogen-bond donors (Lipinski definition) is 3. The second kappa shape index (κ2) is 8.88. The van der Waals surface area contributed by atoms with E-state index in [-0.39, 0.29) is 11.3 Å². The number of H-pyrrole nitrogens is 2. The van der Waals surface area contributed by atoms with Crippen molar-refractivity contribution in [3.8, 4) is 28.7 Å². The zero-order chi connectivity index (χ0) is 25.4. The fraction of sp³-hybridized carbons (Fsp3) is 0.231. The molecule has 2 aromatic carbocycles. The highest BCUT2D eigenvalue weighted by atomic mass is 16.5. The Labute approximate surface area is 207 Å². The first kappa shape index (κ1) is 23.2. The highest BCUT2D eigenvalue weighted by Gasteiger charge is 2.25. The average molecular weight is 486 g/mol. The number of nitrogens with one attached hydrogen (secondary N) is 3. The molecule has 0 fully saturated rings. The zero-order valence-electron chi connectivity index (χ0n) is 20.7. The van der Waals surface area contributed by atoms with E-state index in [2.05, 4.69) is 46.3 Å². The van der Waals surface area contributed by atoms with Crippen LogP contribution < -0.4 is 14.8 Å². The minimum Gasteiger partial charge on any atom is -0.493 e. The van der Waals surface area contributed by atoms with Crippen LogP contribution in [0.25, 0.3) is 28.2 Å². The lowest BCUT2D eigenvalue weighted by molar-refractivity contribution is 0.101. The number of carbonyl (C=O) groups is 1. The van der Waals surface area contributed by atoms with Crippen molar-refractivity contribution in [2.24, 2.45) is 0 Å². The van der Waals surface area contributed by atoms with Gasteiger partial charge >= 0.3 is 0 Å². The highest BCUT2D eigenvalue weighted by molar-refractivity contribution is 6.05. The van der Waals surface area contributed by atoms with Crippen LogP contribution >= 0.6 is 0 Å². The molecule has 0 unspecified atom stereocenters. The molecule has 3 heterocycles. The normalized spacial score (nSPS) is 11.6. The van der Waals surface area contributed by atoms with Crippen molar-refractivity contribution in [2.45, 2.75) is 26.2 Å². The summed E-state index contributed by atoms with van der Waals surface area (Å²) in [6.07, 6.45) is 1.55. The molecule has 1 amide bonds. The summed E-state index contributed by atoms with van der Waals surface area (Å²) >= 11 is 0. The molecule has 3 N–H and O–H groups in total. The Bertz CT molecular complexity index is 1500. The molecule has 0 aliphatic heterocycles. The zero-order valence-corrected chi connectivity index (χ0v) is 20.7. The number of carbonyl (C=O) groups excluding carboxylic acids is 1. The molecular formula is C26H27N7O3. The van der Waals surface area contributed by atoms with Gasteiger partial charge < -0.3 is 19.8 Å². The van der Waals surface area contributed by atoms with Crippen molar-refractivity contribution in [3.05, 3.63) is 66.1 Å². The number of aromatic nitrogens is 6. The molecule has 0 atom stereocenters. The van der Waals surface area contributed by atoms with Gasteiger partial charge in [-0.3, -0.25) is 9.89 Å². The number of imidazole rings is 1. The summed E-state index contributed by atoms with van der Waals surface area (Å²) in [5, 5.41) is 14.8. The maximum atomic E-state index is 13.5. The van der Waals surface area contributed by atoms with E-state index in [0.717, 1.165) is 16.9 Å². The minimum absolute atomic E-state index is 0.230. The quantitative estimate of drug-likeness (QED) is 0.320. The Morgan fingerprint density at radius 3 is 2.44 bits per heavy atom. The van der Waals surface area contributed by atoms with Crippen LogP contribution in [0.15, 0.2) is 54.7 Å². The summed E-state index contributed by atoms with van der Waals surface area (Å²) in [6.45, 7) is 6.18. The van der Waals surface area contributed by atoms with Gasteiger partial charge in [-0.25, -0.2) is 9.67 Å². The van der Waals surface area contributed by atoms with Gasteiger partial charge in [-0.15, -0.1) is 0 Å². The Hall–Kier alpha value is -4.60. The molecule has 0 radical (unpaired) electrons. The lowest BCUT2D eigenvalue weighted by Gasteiger charge is -2.14. The number of fused-ring (bicyclic) bond motifs is 1. The second-order valence-electron chi connectivity index (χ2n) is 9.33. The Balaban J connectivity index is 1.50. The van der Waals surface area contributed by atoms with Gasteiger partial charge in [-0.1, -0.05) is 39.0 Å². The van der Waals surface area contributed by atoms with Gasteiger partial charge in [0.25, 0.3) is 5.91 Å².